The fraction of sp³-hybridized carbons (Fsp3) is 0.185. The number of carbonyl (C=O) groups is 2. The SMILES string of the molecule is CCOc1ccc(/C(O)=C2\C(=O)C(=O)N(c3cccc(C(F)(F)F)c3)C2c2cccc(O)c2)cc1C. The summed E-state index contributed by atoms with van der Waals surface area (Å²) in [5.41, 5.74) is -0.367. The molecule has 1 amide bonds. The number of ketones is 1. The van der Waals surface area contributed by atoms with E-state index in [0.717, 1.165) is 23.1 Å². The molecule has 6 nitrogen and oxygen atoms in total. The van der Waals surface area contributed by atoms with Crippen LogP contribution in [-0.2, 0) is 15.8 Å². The minimum absolute atomic E-state index is 0.179. The Kier molecular flexibility index (Phi) is 6.49. The van der Waals surface area contributed by atoms with Crippen LogP contribution in [0.5, 0.6) is 11.5 Å². The average molecular weight is 497 g/mol. The zero-order valence-corrected chi connectivity index (χ0v) is 19.3. The molecule has 9 heteroatoms. The van der Waals surface area contributed by atoms with Crippen molar-refractivity contribution in [2.45, 2.75) is 26.1 Å². The Morgan fingerprint density at radius 2 is 1.75 bits per heavy atom. The molecule has 1 aliphatic heterocycles. The highest BCUT2D eigenvalue weighted by atomic mass is 19.4. The number of amides is 1. The molecule has 1 fully saturated rings. The molecule has 1 aliphatic rings. The number of ether oxygens (including phenoxy) is 1. The van der Waals surface area contributed by atoms with E-state index in [0.29, 0.717) is 17.9 Å². The minimum Gasteiger partial charge on any atom is -0.508 e. The van der Waals surface area contributed by atoms with Crippen LogP contribution in [0.2, 0.25) is 0 Å². The highest BCUT2D eigenvalue weighted by molar-refractivity contribution is 6.51. The van der Waals surface area contributed by atoms with E-state index in [1.165, 1.54) is 36.4 Å². The number of aryl methyl sites for hydroxylation is 1. The van der Waals surface area contributed by atoms with Crippen LogP contribution in [0, 0.1) is 6.92 Å². The van der Waals surface area contributed by atoms with Crippen molar-refractivity contribution in [1.82, 2.24) is 0 Å². The summed E-state index contributed by atoms with van der Waals surface area (Å²) in [5, 5.41) is 21.2. The van der Waals surface area contributed by atoms with Crippen LogP contribution in [0.3, 0.4) is 0 Å². The van der Waals surface area contributed by atoms with Crippen molar-refractivity contribution in [3.8, 4) is 11.5 Å². The third-order valence-corrected chi connectivity index (χ3v) is 5.83. The second-order valence-electron chi connectivity index (χ2n) is 8.23. The predicted molar refractivity (Wildman–Crippen MR) is 127 cm³/mol. The summed E-state index contributed by atoms with van der Waals surface area (Å²) in [7, 11) is 0. The third-order valence-electron chi connectivity index (χ3n) is 5.83. The minimum atomic E-state index is -4.68. The summed E-state index contributed by atoms with van der Waals surface area (Å²) in [6.07, 6.45) is -4.68. The number of benzene rings is 3. The van der Waals surface area contributed by atoms with Gasteiger partial charge in [0, 0.05) is 11.3 Å². The van der Waals surface area contributed by atoms with Crippen LogP contribution in [0.1, 0.15) is 35.2 Å². The summed E-state index contributed by atoms with van der Waals surface area (Å²) in [6, 6.07) is 13.1. The first kappa shape index (κ1) is 24.8. The van der Waals surface area contributed by atoms with Crippen molar-refractivity contribution < 1.29 is 37.7 Å². The van der Waals surface area contributed by atoms with Gasteiger partial charge in [0.1, 0.15) is 17.3 Å². The van der Waals surface area contributed by atoms with Crippen LogP contribution < -0.4 is 9.64 Å². The van der Waals surface area contributed by atoms with Gasteiger partial charge in [0.05, 0.1) is 23.8 Å². The van der Waals surface area contributed by atoms with Crippen molar-refractivity contribution in [3.63, 3.8) is 0 Å². The van der Waals surface area contributed by atoms with Gasteiger partial charge in [-0.1, -0.05) is 18.2 Å². The number of aromatic hydroxyl groups is 1. The Morgan fingerprint density at radius 3 is 2.39 bits per heavy atom. The zero-order chi connectivity index (χ0) is 26.2. The van der Waals surface area contributed by atoms with Crippen LogP contribution in [0.4, 0.5) is 18.9 Å². The van der Waals surface area contributed by atoms with Crippen molar-refractivity contribution in [3.05, 3.63) is 94.6 Å². The molecule has 3 aromatic carbocycles. The molecule has 0 aliphatic carbocycles. The molecule has 0 aromatic heterocycles. The molecule has 1 unspecified atom stereocenters. The van der Waals surface area contributed by atoms with Gasteiger partial charge in [0.25, 0.3) is 11.7 Å². The van der Waals surface area contributed by atoms with E-state index in [2.05, 4.69) is 0 Å². The van der Waals surface area contributed by atoms with Gasteiger partial charge >= 0.3 is 6.18 Å². The Bertz CT molecular complexity index is 1380. The fourth-order valence-electron chi connectivity index (χ4n) is 4.21. The van der Waals surface area contributed by atoms with Crippen molar-refractivity contribution in [1.29, 1.82) is 0 Å². The number of hydrogen-bond acceptors (Lipinski definition) is 5. The molecular formula is C27H22F3NO5. The maximum atomic E-state index is 13.4. The van der Waals surface area contributed by atoms with Gasteiger partial charge in [0.15, 0.2) is 0 Å². The quantitative estimate of drug-likeness (QED) is 0.267. The number of carbonyl (C=O) groups excluding carboxylic acids is 2. The van der Waals surface area contributed by atoms with Gasteiger partial charge in [-0.15, -0.1) is 0 Å². The first-order valence-electron chi connectivity index (χ1n) is 11.0. The Morgan fingerprint density at radius 1 is 1.03 bits per heavy atom. The number of aliphatic hydroxyl groups is 1. The molecule has 0 saturated carbocycles. The predicted octanol–water partition coefficient (Wildman–Crippen LogP) is 5.74. The Balaban J connectivity index is 1.93. The Labute approximate surface area is 204 Å². The lowest BCUT2D eigenvalue weighted by molar-refractivity contribution is -0.137. The van der Waals surface area contributed by atoms with Gasteiger partial charge in [-0.3, -0.25) is 14.5 Å². The van der Waals surface area contributed by atoms with Crippen LogP contribution in [-0.4, -0.2) is 28.5 Å². The lowest BCUT2D eigenvalue weighted by Crippen LogP contribution is -2.29. The monoisotopic (exact) mass is 497 g/mol. The second-order valence-corrected chi connectivity index (χ2v) is 8.23. The van der Waals surface area contributed by atoms with E-state index >= 15 is 0 Å². The molecule has 1 heterocycles. The van der Waals surface area contributed by atoms with Crippen LogP contribution in [0.15, 0.2) is 72.3 Å². The number of anilines is 1. The number of phenols is 1. The molecule has 0 radical (unpaired) electrons. The lowest BCUT2D eigenvalue weighted by Gasteiger charge is -2.26. The molecule has 4 rings (SSSR count). The maximum absolute atomic E-state index is 13.4. The van der Waals surface area contributed by atoms with Gasteiger partial charge < -0.3 is 14.9 Å². The standard InChI is InChI=1S/C27H22F3NO5/c1-3-36-21-11-10-17(12-15(21)2)24(33)22-23(16-6-4-9-20(32)13-16)31(26(35)25(22)34)19-8-5-7-18(14-19)27(28,29)30/h4-14,23,32-33H,3H2,1-2H3/b24-22+. The van der Waals surface area contributed by atoms with Gasteiger partial charge in [0.2, 0.25) is 0 Å². The second kappa shape index (κ2) is 9.41. The molecule has 0 bridgehead atoms. The normalized spacial score (nSPS) is 17.5. The van der Waals surface area contributed by atoms with Gasteiger partial charge in [-0.25, -0.2) is 0 Å². The number of aliphatic hydroxyl groups excluding tert-OH is 1. The summed E-state index contributed by atoms with van der Waals surface area (Å²) in [5.74, 6) is -2.28. The maximum Gasteiger partial charge on any atom is 0.416 e. The van der Waals surface area contributed by atoms with E-state index in [1.807, 2.05) is 6.92 Å². The van der Waals surface area contributed by atoms with E-state index in [-0.39, 0.29) is 28.1 Å². The average Bonchev–Trinajstić information content (AvgIpc) is 3.10. The van der Waals surface area contributed by atoms with E-state index in [1.54, 1.807) is 19.1 Å². The number of hydrogen-bond donors (Lipinski definition) is 2. The molecule has 1 saturated heterocycles. The molecule has 36 heavy (non-hydrogen) atoms. The van der Waals surface area contributed by atoms with Gasteiger partial charge in [-0.05, 0) is 73.5 Å². The number of rotatable bonds is 5. The fourth-order valence-corrected chi connectivity index (χ4v) is 4.21. The van der Waals surface area contributed by atoms with E-state index in [9.17, 15) is 33.0 Å². The van der Waals surface area contributed by atoms with E-state index in [4.69, 9.17) is 4.74 Å². The van der Waals surface area contributed by atoms with Crippen LogP contribution >= 0.6 is 0 Å². The third kappa shape index (κ3) is 4.51. The molecule has 186 valence electrons. The lowest BCUT2D eigenvalue weighted by atomic mass is 9.94. The van der Waals surface area contributed by atoms with Crippen LogP contribution in [0.25, 0.3) is 5.76 Å². The van der Waals surface area contributed by atoms with Gasteiger partial charge in [-0.2, -0.15) is 13.2 Å². The van der Waals surface area contributed by atoms with Crippen molar-refractivity contribution in [2.75, 3.05) is 11.5 Å². The summed E-state index contributed by atoms with van der Waals surface area (Å²) in [6.45, 7) is 3.99. The van der Waals surface area contributed by atoms with E-state index < -0.39 is 35.2 Å². The molecular weight excluding hydrogens is 475 g/mol. The zero-order valence-electron chi connectivity index (χ0n) is 19.3. The molecule has 0 spiro atoms. The highest BCUT2D eigenvalue weighted by Gasteiger charge is 2.47. The largest absolute Gasteiger partial charge is 0.508 e. The Hall–Kier alpha value is -4.27. The van der Waals surface area contributed by atoms with Crippen molar-refractivity contribution >= 4 is 23.1 Å². The summed E-state index contributed by atoms with van der Waals surface area (Å²) in [4.78, 5) is 27.2. The number of halogens is 3. The first-order chi connectivity index (χ1) is 17.0. The smallest absolute Gasteiger partial charge is 0.416 e. The number of phenolic OH excluding ortho intramolecular Hbond substituents is 1. The highest BCUT2D eigenvalue weighted by Crippen LogP contribution is 2.44. The summed E-state index contributed by atoms with van der Waals surface area (Å²) < 4.78 is 45.7. The number of alkyl halides is 3. The topological polar surface area (TPSA) is 87.1 Å². The number of nitrogens with zero attached hydrogens (tertiary/aromatic N) is 1. The number of Topliss-reactive ketones (excluding diaryl/α,β-unsaturated/α-hetero) is 1. The molecule has 2 N–H and O–H groups in total. The van der Waals surface area contributed by atoms with Crippen molar-refractivity contribution in [2.24, 2.45) is 0 Å². The first-order valence-corrected chi connectivity index (χ1v) is 11.0. The summed E-state index contributed by atoms with van der Waals surface area (Å²) >= 11 is 0. The molecule has 3 aromatic rings. The molecule has 1 atom stereocenters.